The lowest BCUT2D eigenvalue weighted by molar-refractivity contribution is 0.0903. The number of nitrogens with zero attached hydrogens (tertiary/aromatic N) is 4. The number of hydrogen-bond donors (Lipinski definition) is 2. The molecule has 5 rings (SSSR count). The number of imidazole rings is 1. The Bertz CT molecular complexity index is 1660. The van der Waals surface area contributed by atoms with E-state index >= 15 is 4.39 Å². The summed E-state index contributed by atoms with van der Waals surface area (Å²) in [5, 5.41) is 5.36. The molecule has 2 amide bonds. The van der Waals surface area contributed by atoms with Gasteiger partial charge in [0.25, 0.3) is 18.2 Å². The van der Waals surface area contributed by atoms with Crippen LogP contribution in [0.1, 0.15) is 58.6 Å². The number of halogens is 4. The number of nitrogens with one attached hydrogen (secondary N) is 2. The fourth-order valence-electron chi connectivity index (χ4n) is 5.29. The van der Waals surface area contributed by atoms with Gasteiger partial charge in [-0.05, 0) is 61.9 Å². The third kappa shape index (κ3) is 5.69. The van der Waals surface area contributed by atoms with Crippen molar-refractivity contribution < 1.29 is 22.8 Å². The monoisotopic (exact) mass is 586 g/mol. The summed E-state index contributed by atoms with van der Waals surface area (Å²) in [5.41, 5.74) is -0.226. The molecular formula is C28H26ClF3N6O3. The van der Waals surface area contributed by atoms with E-state index in [1.54, 1.807) is 12.1 Å². The molecule has 0 unspecified atom stereocenters. The summed E-state index contributed by atoms with van der Waals surface area (Å²) in [6.07, 6.45) is 1.89. The first-order valence-electron chi connectivity index (χ1n) is 13.0. The fraction of sp³-hybridized carbons (Fsp3) is 0.321. The molecule has 1 aliphatic carbocycles. The Hall–Kier alpha value is -4.19. The van der Waals surface area contributed by atoms with Crippen molar-refractivity contribution in [2.24, 2.45) is 5.92 Å². The lowest BCUT2D eigenvalue weighted by Gasteiger charge is -2.29. The number of alkyl halides is 2. The maximum absolute atomic E-state index is 15.1. The van der Waals surface area contributed by atoms with Crippen LogP contribution in [0.5, 0.6) is 0 Å². The Balaban J connectivity index is 1.33. The molecule has 13 heteroatoms. The maximum Gasteiger partial charge on any atom is 0.333 e. The molecule has 3 heterocycles. The van der Waals surface area contributed by atoms with Gasteiger partial charge in [0, 0.05) is 25.8 Å². The van der Waals surface area contributed by atoms with E-state index in [-0.39, 0.29) is 46.2 Å². The van der Waals surface area contributed by atoms with E-state index in [4.69, 9.17) is 11.6 Å². The molecule has 0 radical (unpaired) electrons. The molecule has 2 N–H and O–H groups in total. The van der Waals surface area contributed by atoms with Crippen molar-refractivity contribution in [1.29, 1.82) is 0 Å². The van der Waals surface area contributed by atoms with Crippen molar-refractivity contribution in [3.05, 3.63) is 87.1 Å². The fourth-order valence-corrected chi connectivity index (χ4v) is 5.44. The molecule has 1 aliphatic rings. The number of benzene rings is 1. The Morgan fingerprint density at radius 3 is 2.49 bits per heavy atom. The summed E-state index contributed by atoms with van der Waals surface area (Å²) < 4.78 is 44.5. The minimum absolute atomic E-state index is 0.0118. The number of fused-ring (bicyclic) bond motifs is 1. The minimum atomic E-state index is -2.92. The zero-order chi connectivity index (χ0) is 29.3. The highest BCUT2D eigenvalue weighted by Crippen LogP contribution is 2.29. The smallest absolute Gasteiger partial charge is 0.333 e. The molecule has 0 spiro atoms. The van der Waals surface area contributed by atoms with Gasteiger partial charge in [0.1, 0.15) is 22.7 Å². The summed E-state index contributed by atoms with van der Waals surface area (Å²) in [6, 6.07) is 8.44. The van der Waals surface area contributed by atoms with E-state index in [9.17, 15) is 23.2 Å². The lowest BCUT2D eigenvalue weighted by atomic mass is 9.85. The first kappa shape index (κ1) is 28.3. The van der Waals surface area contributed by atoms with Crippen LogP contribution in [-0.4, -0.2) is 44.0 Å². The average molecular weight is 587 g/mol. The topological polar surface area (TPSA) is 111 Å². The van der Waals surface area contributed by atoms with Gasteiger partial charge >= 0.3 is 5.69 Å². The third-order valence-electron chi connectivity index (χ3n) is 7.32. The first-order chi connectivity index (χ1) is 19.7. The Labute approximate surface area is 237 Å². The quantitative estimate of drug-likeness (QED) is 0.327. The number of para-hydroxylation sites is 1. The maximum atomic E-state index is 15.1. The first-order valence-corrected chi connectivity index (χ1v) is 13.4. The van der Waals surface area contributed by atoms with Crippen LogP contribution in [0.2, 0.25) is 5.02 Å². The molecule has 41 heavy (non-hydrogen) atoms. The summed E-state index contributed by atoms with van der Waals surface area (Å²) in [7, 11) is 1.49. The van der Waals surface area contributed by atoms with Gasteiger partial charge in [-0.25, -0.2) is 22.9 Å². The van der Waals surface area contributed by atoms with Crippen molar-refractivity contribution in [3.8, 4) is 5.69 Å². The van der Waals surface area contributed by atoms with E-state index in [0.29, 0.717) is 36.9 Å². The van der Waals surface area contributed by atoms with Crippen LogP contribution >= 0.6 is 11.6 Å². The molecule has 1 saturated carbocycles. The predicted molar refractivity (Wildman–Crippen MR) is 146 cm³/mol. The van der Waals surface area contributed by atoms with Crippen molar-refractivity contribution in [2.45, 2.75) is 44.7 Å². The molecular weight excluding hydrogens is 561 g/mol. The number of carbonyl (C=O) groups excluding carboxylic acids is 2. The molecule has 9 nitrogen and oxygen atoms in total. The molecule has 0 bridgehead atoms. The molecule has 0 saturated heterocycles. The van der Waals surface area contributed by atoms with E-state index in [1.807, 2.05) is 0 Å². The SMILES string of the molecule is CNC(=O)c1ccc(-n2c(=O)n(C[C@H]3CC[C@H](NC(=O)c4cc(Cl)cnc4C(F)F)CC3)c3c(F)cccc32)cn1. The van der Waals surface area contributed by atoms with Gasteiger partial charge in [0.2, 0.25) is 0 Å². The minimum Gasteiger partial charge on any atom is -0.354 e. The largest absolute Gasteiger partial charge is 0.354 e. The molecule has 0 aliphatic heterocycles. The number of hydrogen-bond acceptors (Lipinski definition) is 5. The second kappa shape index (κ2) is 11.7. The van der Waals surface area contributed by atoms with Crippen LogP contribution in [0.25, 0.3) is 16.7 Å². The Morgan fingerprint density at radius 1 is 1.07 bits per heavy atom. The summed E-state index contributed by atoms with van der Waals surface area (Å²) in [4.78, 5) is 45.9. The standard InChI is InChI=1S/C28H26ClF3N6O3/c1-33-27(40)21-10-9-18(13-34-21)38-22-4-2-3-20(30)24(22)37(28(38)41)14-15-5-7-17(8-6-15)36-26(39)19-11-16(29)12-35-23(19)25(31)32/h2-4,9-13,15,17,25H,5-8,14H2,1H3,(H,33,40)(H,36,39)/t15-,17-. The van der Waals surface area contributed by atoms with Gasteiger partial charge in [0.05, 0.1) is 28.0 Å². The summed E-state index contributed by atoms with van der Waals surface area (Å²) >= 11 is 5.87. The van der Waals surface area contributed by atoms with Crippen LogP contribution in [0.3, 0.4) is 0 Å². The average Bonchev–Trinajstić information content (AvgIpc) is 3.25. The molecule has 214 valence electrons. The van der Waals surface area contributed by atoms with E-state index < -0.39 is 29.5 Å². The lowest BCUT2D eigenvalue weighted by Crippen LogP contribution is -2.39. The highest BCUT2D eigenvalue weighted by Gasteiger charge is 2.28. The number of rotatable bonds is 7. The van der Waals surface area contributed by atoms with Crippen molar-refractivity contribution in [1.82, 2.24) is 29.7 Å². The molecule has 1 aromatic carbocycles. The zero-order valence-electron chi connectivity index (χ0n) is 21.9. The van der Waals surface area contributed by atoms with E-state index in [0.717, 1.165) is 6.20 Å². The molecule has 0 atom stereocenters. The molecule has 4 aromatic rings. The van der Waals surface area contributed by atoms with Gasteiger partial charge in [-0.2, -0.15) is 0 Å². The van der Waals surface area contributed by atoms with Crippen molar-refractivity contribution >= 4 is 34.4 Å². The highest BCUT2D eigenvalue weighted by molar-refractivity contribution is 6.30. The second-order valence-electron chi connectivity index (χ2n) is 9.90. The third-order valence-corrected chi connectivity index (χ3v) is 7.53. The Morgan fingerprint density at radius 2 is 1.83 bits per heavy atom. The summed E-state index contributed by atoms with van der Waals surface area (Å²) in [5.74, 6) is -1.57. The number of carbonyl (C=O) groups is 2. The highest BCUT2D eigenvalue weighted by atomic mass is 35.5. The number of pyridine rings is 2. The van der Waals surface area contributed by atoms with Crippen molar-refractivity contribution in [3.63, 3.8) is 0 Å². The van der Waals surface area contributed by atoms with Crippen molar-refractivity contribution in [2.75, 3.05) is 7.05 Å². The van der Waals surface area contributed by atoms with Gasteiger partial charge in [0.15, 0.2) is 0 Å². The number of amides is 2. The molecule has 1 fully saturated rings. The molecule has 3 aromatic heterocycles. The van der Waals surface area contributed by atoms with Gasteiger partial charge in [-0.15, -0.1) is 0 Å². The zero-order valence-corrected chi connectivity index (χ0v) is 22.7. The van der Waals surface area contributed by atoms with Gasteiger partial charge in [-0.1, -0.05) is 17.7 Å². The van der Waals surface area contributed by atoms with E-state index in [1.165, 1.54) is 46.6 Å². The number of aromatic nitrogens is 4. The van der Waals surface area contributed by atoms with E-state index in [2.05, 4.69) is 20.6 Å². The van der Waals surface area contributed by atoms with Crippen LogP contribution in [0.15, 0.2) is 53.6 Å². The van der Waals surface area contributed by atoms with Gasteiger partial charge in [-0.3, -0.25) is 23.7 Å². The predicted octanol–water partition coefficient (Wildman–Crippen LogP) is 4.66. The van der Waals surface area contributed by atoms with Crippen LogP contribution in [0, 0.1) is 11.7 Å². The normalized spacial score (nSPS) is 17.1. The Kier molecular flexibility index (Phi) is 8.11. The van der Waals surface area contributed by atoms with Gasteiger partial charge < -0.3 is 10.6 Å². The van der Waals surface area contributed by atoms with Crippen LogP contribution < -0.4 is 16.3 Å². The van der Waals surface area contributed by atoms with Crippen LogP contribution in [-0.2, 0) is 6.54 Å². The van der Waals surface area contributed by atoms with Crippen LogP contribution in [0.4, 0.5) is 13.2 Å². The second-order valence-corrected chi connectivity index (χ2v) is 10.3. The summed E-state index contributed by atoms with van der Waals surface area (Å²) in [6.45, 7) is 0.251.